The van der Waals surface area contributed by atoms with Crippen molar-refractivity contribution in [1.82, 2.24) is 9.29 Å². The number of thiazole rings is 1. The van der Waals surface area contributed by atoms with E-state index in [1.165, 1.54) is 10.4 Å². The van der Waals surface area contributed by atoms with Gasteiger partial charge in [0, 0.05) is 6.54 Å². The highest BCUT2D eigenvalue weighted by molar-refractivity contribution is 7.89. The van der Waals surface area contributed by atoms with Gasteiger partial charge in [0.15, 0.2) is 0 Å². The summed E-state index contributed by atoms with van der Waals surface area (Å²) in [4.78, 5) is 4.76. The van der Waals surface area contributed by atoms with Crippen molar-refractivity contribution in [2.24, 2.45) is 0 Å². The lowest BCUT2D eigenvalue weighted by atomic mass is 10.1. The van der Waals surface area contributed by atoms with Crippen LogP contribution in [0.15, 0.2) is 53.4 Å². The van der Waals surface area contributed by atoms with Crippen molar-refractivity contribution in [2.75, 3.05) is 6.54 Å². The highest BCUT2D eigenvalue weighted by atomic mass is 32.2. The van der Waals surface area contributed by atoms with Crippen LogP contribution in [0.4, 0.5) is 0 Å². The summed E-state index contributed by atoms with van der Waals surface area (Å²) in [6.45, 7) is 0.447. The zero-order valence-electron chi connectivity index (χ0n) is 14.0. The summed E-state index contributed by atoms with van der Waals surface area (Å²) < 4.78 is 29.2. The lowest BCUT2D eigenvalue weighted by molar-refractivity contribution is 0.255. The predicted molar refractivity (Wildman–Crippen MR) is 101 cm³/mol. The van der Waals surface area contributed by atoms with Crippen LogP contribution in [0, 0.1) is 11.3 Å². The van der Waals surface area contributed by atoms with Crippen molar-refractivity contribution < 1.29 is 8.42 Å². The number of hydrogen-bond acceptors (Lipinski definition) is 5. The SMILES string of the molecule is N#Cc1ccccc1S(=O)(=O)N1CCCCC1c1nc2ccccc2s1. The number of rotatable bonds is 3. The summed E-state index contributed by atoms with van der Waals surface area (Å²) in [5.74, 6) is 0. The van der Waals surface area contributed by atoms with Crippen LogP contribution < -0.4 is 0 Å². The standard InChI is InChI=1S/C19H17N3O2S2/c20-13-14-7-1-4-11-18(14)26(23,24)22-12-6-5-9-16(22)19-21-15-8-2-3-10-17(15)25-19/h1-4,7-8,10-11,16H,5-6,9,12H2. The molecule has 0 aliphatic carbocycles. The van der Waals surface area contributed by atoms with E-state index in [0.717, 1.165) is 34.5 Å². The van der Waals surface area contributed by atoms with Crippen molar-refractivity contribution in [3.63, 3.8) is 0 Å². The molecular weight excluding hydrogens is 366 g/mol. The van der Waals surface area contributed by atoms with E-state index in [1.54, 1.807) is 29.5 Å². The van der Waals surface area contributed by atoms with E-state index in [9.17, 15) is 13.7 Å². The average Bonchev–Trinajstić information content (AvgIpc) is 3.12. The third kappa shape index (κ3) is 2.90. The van der Waals surface area contributed by atoms with E-state index in [4.69, 9.17) is 0 Å². The molecule has 1 aromatic heterocycles. The molecule has 2 aromatic carbocycles. The lowest BCUT2D eigenvalue weighted by Crippen LogP contribution is -2.38. The van der Waals surface area contributed by atoms with E-state index in [0.29, 0.717) is 6.54 Å². The van der Waals surface area contributed by atoms with E-state index >= 15 is 0 Å². The lowest BCUT2D eigenvalue weighted by Gasteiger charge is -2.33. The van der Waals surface area contributed by atoms with Crippen LogP contribution in [0.2, 0.25) is 0 Å². The van der Waals surface area contributed by atoms with Crippen molar-refractivity contribution in [1.29, 1.82) is 5.26 Å². The van der Waals surface area contributed by atoms with Crippen molar-refractivity contribution in [2.45, 2.75) is 30.2 Å². The maximum Gasteiger partial charge on any atom is 0.245 e. The smallest absolute Gasteiger partial charge is 0.239 e. The molecule has 1 unspecified atom stereocenters. The molecule has 3 aromatic rings. The Hall–Kier alpha value is -2.27. The quantitative estimate of drug-likeness (QED) is 0.683. The monoisotopic (exact) mass is 383 g/mol. The Kier molecular flexibility index (Phi) is 4.49. The molecule has 0 N–H and O–H groups in total. The first kappa shape index (κ1) is 17.2. The number of para-hydroxylation sites is 1. The van der Waals surface area contributed by atoms with Crippen LogP contribution in [0.5, 0.6) is 0 Å². The third-order valence-corrected chi connectivity index (χ3v) is 7.75. The van der Waals surface area contributed by atoms with Crippen molar-refractivity contribution in [3.8, 4) is 6.07 Å². The van der Waals surface area contributed by atoms with Crippen molar-refractivity contribution >= 4 is 31.6 Å². The molecule has 5 nitrogen and oxygen atoms in total. The highest BCUT2D eigenvalue weighted by Gasteiger charge is 2.37. The fraction of sp³-hybridized carbons (Fsp3) is 0.263. The van der Waals surface area contributed by atoms with Gasteiger partial charge in [0.2, 0.25) is 10.0 Å². The van der Waals surface area contributed by atoms with Gasteiger partial charge in [-0.05, 0) is 37.1 Å². The van der Waals surface area contributed by atoms with Gasteiger partial charge in [-0.2, -0.15) is 9.57 Å². The zero-order valence-corrected chi connectivity index (χ0v) is 15.6. The van der Waals surface area contributed by atoms with Gasteiger partial charge in [-0.3, -0.25) is 0 Å². The van der Waals surface area contributed by atoms with E-state index in [1.807, 2.05) is 30.3 Å². The molecule has 0 bridgehead atoms. The molecule has 0 radical (unpaired) electrons. The highest BCUT2D eigenvalue weighted by Crippen LogP contribution is 2.39. The number of fused-ring (bicyclic) bond motifs is 1. The van der Waals surface area contributed by atoms with Gasteiger partial charge >= 0.3 is 0 Å². The molecule has 2 heterocycles. The second kappa shape index (κ2) is 6.80. The zero-order chi connectivity index (χ0) is 18.1. The maximum absolute atomic E-state index is 13.3. The van der Waals surface area contributed by atoms with E-state index < -0.39 is 10.0 Å². The van der Waals surface area contributed by atoms with Gasteiger partial charge < -0.3 is 0 Å². The van der Waals surface area contributed by atoms with Gasteiger partial charge in [0.25, 0.3) is 0 Å². The van der Waals surface area contributed by atoms with Crippen LogP contribution in [-0.4, -0.2) is 24.3 Å². The Balaban J connectivity index is 1.79. The number of hydrogen-bond donors (Lipinski definition) is 0. The summed E-state index contributed by atoms with van der Waals surface area (Å²) in [5.41, 5.74) is 1.08. The second-order valence-corrected chi connectivity index (χ2v) is 9.18. The molecule has 1 atom stereocenters. The van der Waals surface area contributed by atoms with Crippen LogP contribution >= 0.6 is 11.3 Å². The van der Waals surface area contributed by atoms with Gasteiger partial charge in [0.1, 0.15) is 11.1 Å². The predicted octanol–water partition coefficient (Wildman–Crippen LogP) is 4.08. The Morgan fingerprint density at radius 1 is 1.12 bits per heavy atom. The van der Waals surface area contributed by atoms with Crippen LogP contribution in [0.3, 0.4) is 0 Å². The number of nitrogens with zero attached hydrogens (tertiary/aromatic N) is 3. The maximum atomic E-state index is 13.3. The van der Waals surface area contributed by atoms with Crippen LogP contribution in [-0.2, 0) is 10.0 Å². The fourth-order valence-electron chi connectivity index (χ4n) is 3.38. The molecule has 132 valence electrons. The summed E-state index contributed by atoms with van der Waals surface area (Å²) in [6.07, 6.45) is 2.52. The molecule has 1 aliphatic rings. The van der Waals surface area contributed by atoms with E-state index in [2.05, 4.69) is 4.98 Å². The minimum Gasteiger partial charge on any atom is -0.239 e. The molecule has 26 heavy (non-hydrogen) atoms. The van der Waals surface area contributed by atoms with Crippen LogP contribution in [0.1, 0.15) is 35.9 Å². The molecule has 1 aliphatic heterocycles. The third-order valence-electron chi connectivity index (χ3n) is 4.64. The summed E-state index contributed by atoms with van der Waals surface area (Å²) in [7, 11) is -3.76. The van der Waals surface area contributed by atoms with Gasteiger partial charge in [-0.15, -0.1) is 11.3 Å². The van der Waals surface area contributed by atoms with Crippen LogP contribution in [0.25, 0.3) is 10.2 Å². The largest absolute Gasteiger partial charge is 0.245 e. The Labute approximate surface area is 156 Å². The normalized spacial score (nSPS) is 18.7. The Morgan fingerprint density at radius 2 is 1.88 bits per heavy atom. The van der Waals surface area contributed by atoms with Gasteiger partial charge in [-0.25, -0.2) is 13.4 Å². The molecule has 7 heteroatoms. The Morgan fingerprint density at radius 3 is 2.69 bits per heavy atom. The minimum atomic E-state index is -3.76. The summed E-state index contributed by atoms with van der Waals surface area (Å²) >= 11 is 1.55. The molecule has 0 saturated carbocycles. The number of benzene rings is 2. The number of aromatic nitrogens is 1. The fourth-order valence-corrected chi connectivity index (χ4v) is 6.37. The first-order chi connectivity index (χ1) is 12.6. The molecule has 4 rings (SSSR count). The van der Waals surface area contributed by atoms with Crippen molar-refractivity contribution in [3.05, 3.63) is 59.1 Å². The first-order valence-electron chi connectivity index (χ1n) is 8.48. The number of sulfonamides is 1. The number of nitriles is 1. The number of piperidine rings is 1. The average molecular weight is 383 g/mol. The van der Waals surface area contributed by atoms with Gasteiger partial charge in [0.05, 0.1) is 26.7 Å². The summed E-state index contributed by atoms with van der Waals surface area (Å²) in [6, 6.07) is 16.0. The minimum absolute atomic E-state index is 0.0792. The van der Waals surface area contributed by atoms with E-state index in [-0.39, 0.29) is 16.5 Å². The topological polar surface area (TPSA) is 74.1 Å². The molecule has 1 fully saturated rings. The summed E-state index contributed by atoms with van der Waals surface area (Å²) in [5, 5.41) is 10.1. The molecule has 0 spiro atoms. The molecule has 0 amide bonds. The van der Waals surface area contributed by atoms with Gasteiger partial charge in [-0.1, -0.05) is 30.7 Å². The Bertz CT molecular complexity index is 1070. The molecule has 1 saturated heterocycles. The first-order valence-corrected chi connectivity index (χ1v) is 10.7. The second-order valence-electron chi connectivity index (χ2n) is 6.26. The molecular formula is C19H17N3O2S2.